The van der Waals surface area contributed by atoms with Gasteiger partial charge in [-0.1, -0.05) is 25.2 Å². The van der Waals surface area contributed by atoms with Gasteiger partial charge in [0.15, 0.2) is 0 Å². The van der Waals surface area contributed by atoms with Crippen LogP contribution in [0.5, 0.6) is 0 Å². The Balaban J connectivity index is 1.25. The molecule has 0 saturated carbocycles. The SMILES string of the molecule is CCN(C)C/C=C/C(=O)N1CCc2c(sc3c2C(Nc2ccc4c(ccn4CC/C=C\C=C/NC)c2)N=CN3)C1. The Morgan fingerprint density at radius 1 is 1.27 bits per heavy atom. The lowest BCUT2D eigenvalue weighted by Gasteiger charge is -2.28. The number of rotatable bonds is 11. The standard InChI is InChI=1S/C31H39N7OS/c1-4-36(3)16-9-10-28(39)38-19-14-25-27(21-38)40-31-29(25)30(33-22-34-31)35-24-11-12-26-23(20-24)13-18-37(26)17-8-6-5-7-15-32-2/h5-7,9-13,15,18,20,22,30,32,35H,4,8,14,16-17,19,21H2,1-3H3,(H,33,34)/b6-5-,10-9+,15-7-. The van der Waals surface area contributed by atoms with Gasteiger partial charge in [-0.25, -0.2) is 4.99 Å². The molecule has 5 rings (SSSR count). The fourth-order valence-corrected chi connectivity index (χ4v) is 6.38. The van der Waals surface area contributed by atoms with Crippen molar-refractivity contribution in [3.8, 4) is 0 Å². The molecule has 0 spiro atoms. The fraction of sp³-hybridized carbons (Fsp3) is 0.355. The minimum atomic E-state index is -0.154. The van der Waals surface area contributed by atoms with Crippen LogP contribution < -0.4 is 16.0 Å². The van der Waals surface area contributed by atoms with E-state index in [1.165, 1.54) is 26.9 Å². The van der Waals surface area contributed by atoms with Crippen LogP contribution in [0.15, 0.2) is 72.0 Å². The lowest BCUT2D eigenvalue weighted by Crippen LogP contribution is -2.34. The zero-order chi connectivity index (χ0) is 27.9. The van der Waals surface area contributed by atoms with E-state index in [1.54, 1.807) is 23.8 Å². The number of fused-ring (bicyclic) bond motifs is 4. The number of thiophene rings is 1. The molecule has 1 unspecified atom stereocenters. The number of anilines is 2. The van der Waals surface area contributed by atoms with Crippen molar-refractivity contribution >= 4 is 45.2 Å². The summed E-state index contributed by atoms with van der Waals surface area (Å²) in [5.74, 6) is 0.0855. The molecule has 0 radical (unpaired) electrons. The van der Waals surface area contributed by atoms with Crippen molar-refractivity contribution in [1.29, 1.82) is 0 Å². The number of benzene rings is 1. The van der Waals surface area contributed by atoms with E-state index in [0.717, 1.165) is 49.7 Å². The van der Waals surface area contributed by atoms with E-state index in [4.69, 9.17) is 4.99 Å². The summed E-state index contributed by atoms with van der Waals surface area (Å²) in [6, 6.07) is 8.71. The second kappa shape index (κ2) is 13.0. The maximum atomic E-state index is 12.8. The second-order valence-electron chi connectivity index (χ2n) is 10.1. The highest BCUT2D eigenvalue weighted by molar-refractivity contribution is 7.16. The van der Waals surface area contributed by atoms with Crippen LogP contribution in [-0.4, -0.2) is 60.3 Å². The molecular weight excluding hydrogens is 518 g/mol. The topological polar surface area (TPSA) is 76.9 Å². The van der Waals surface area contributed by atoms with Crippen molar-refractivity contribution < 1.29 is 4.79 Å². The van der Waals surface area contributed by atoms with Crippen molar-refractivity contribution in [3.63, 3.8) is 0 Å². The molecule has 0 aliphatic carbocycles. The van der Waals surface area contributed by atoms with Crippen LogP contribution in [0.2, 0.25) is 0 Å². The lowest BCUT2D eigenvalue weighted by molar-refractivity contribution is -0.126. The first kappa shape index (κ1) is 27.7. The second-order valence-corrected chi connectivity index (χ2v) is 11.2. The highest BCUT2D eigenvalue weighted by Crippen LogP contribution is 2.43. The van der Waals surface area contributed by atoms with Gasteiger partial charge in [0.2, 0.25) is 5.91 Å². The van der Waals surface area contributed by atoms with Crippen molar-refractivity contribution in [1.82, 2.24) is 19.7 Å². The Bertz CT molecular complexity index is 1450. The highest BCUT2D eigenvalue weighted by Gasteiger charge is 2.31. The molecule has 2 aliphatic rings. The smallest absolute Gasteiger partial charge is 0.246 e. The Morgan fingerprint density at radius 2 is 2.17 bits per heavy atom. The minimum absolute atomic E-state index is 0.0855. The Kier molecular flexibility index (Phi) is 9.03. The number of carbonyl (C=O) groups excluding carboxylic acids is 1. The number of nitrogens with one attached hydrogen (secondary N) is 3. The Labute approximate surface area is 240 Å². The average molecular weight is 558 g/mol. The number of hydrogen-bond acceptors (Lipinski definition) is 7. The van der Waals surface area contributed by atoms with Gasteiger partial charge in [-0.3, -0.25) is 4.79 Å². The molecule has 0 fully saturated rings. The minimum Gasteiger partial charge on any atom is -0.394 e. The number of carbonyl (C=O) groups is 1. The molecular formula is C31H39N7OS. The van der Waals surface area contributed by atoms with E-state index >= 15 is 0 Å². The van der Waals surface area contributed by atoms with Gasteiger partial charge in [0.1, 0.15) is 11.2 Å². The molecule has 3 aromatic rings. The average Bonchev–Trinajstić information content (AvgIpc) is 3.55. The summed E-state index contributed by atoms with van der Waals surface area (Å²) in [5, 5.41) is 12.3. The molecule has 210 valence electrons. The van der Waals surface area contributed by atoms with Gasteiger partial charge in [-0.15, -0.1) is 11.3 Å². The van der Waals surface area contributed by atoms with Gasteiger partial charge in [0.25, 0.3) is 0 Å². The largest absolute Gasteiger partial charge is 0.394 e. The monoisotopic (exact) mass is 557 g/mol. The first-order valence-corrected chi connectivity index (χ1v) is 14.8. The molecule has 1 aromatic carbocycles. The van der Waals surface area contributed by atoms with Gasteiger partial charge >= 0.3 is 0 Å². The van der Waals surface area contributed by atoms with Gasteiger partial charge in [0, 0.05) is 66.0 Å². The first-order valence-electron chi connectivity index (χ1n) is 14.0. The third kappa shape index (κ3) is 6.32. The molecule has 1 amide bonds. The van der Waals surface area contributed by atoms with Gasteiger partial charge in [-0.05, 0) is 68.5 Å². The van der Waals surface area contributed by atoms with Crippen LogP contribution in [0.3, 0.4) is 0 Å². The van der Waals surface area contributed by atoms with Crippen molar-refractivity contribution in [2.75, 3.05) is 44.4 Å². The highest BCUT2D eigenvalue weighted by atomic mass is 32.1. The van der Waals surface area contributed by atoms with Crippen LogP contribution in [-0.2, 0) is 24.3 Å². The molecule has 3 N–H and O–H groups in total. The Morgan fingerprint density at radius 3 is 3.02 bits per heavy atom. The zero-order valence-corrected chi connectivity index (χ0v) is 24.4. The quantitative estimate of drug-likeness (QED) is 0.219. The summed E-state index contributed by atoms with van der Waals surface area (Å²) in [4.78, 5) is 22.9. The molecule has 9 heteroatoms. The van der Waals surface area contributed by atoms with Gasteiger partial charge in [0.05, 0.1) is 12.9 Å². The van der Waals surface area contributed by atoms with Crippen LogP contribution >= 0.6 is 11.3 Å². The van der Waals surface area contributed by atoms with E-state index in [2.05, 4.69) is 82.0 Å². The van der Waals surface area contributed by atoms with Crippen LogP contribution in [0.25, 0.3) is 10.9 Å². The number of hydrogen-bond donors (Lipinski definition) is 3. The maximum Gasteiger partial charge on any atom is 0.246 e. The molecule has 2 aromatic heterocycles. The number of likely N-dealkylation sites (N-methyl/N-ethyl adjacent to an activating group) is 1. The summed E-state index contributed by atoms with van der Waals surface area (Å²) < 4.78 is 2.30. The summed E-state index contributed by atoms with van der Waals surface area (Å²) >= 11 is 1.74. The molecule has 8 nitrogen and oxygen atoms in total. The normalized spacial score (nSPS) is 16.8. The maximum absolute atomic E-state index is 12.8. The number of nitrogens with zero attached hydrogens (tertiary/aromatic N) is 4. The number of aryl methyl sites for hydroxylation is 1. The van der Waals surface area contributed by atoms with Gasteiger partial charge < -0.3 is 30.3 Å². The summed E-state index contributed by atoms with van der Waals surface area (Å²) in [7, 11) is 3.95. The predicted octanol–water partition coefficient (Wildman–Crippen LogP) is 5.34. The van der Waals surface area contributed by atoms with E-state index < -0.39 is 0 Å². The molecule has 0 saturated heterocycles. The molecule has 1 atom stereocenters. The molecule has 0 bridgehead atoms. The van der Waals surface area contributed by atoms with E-state index in [0.29, 0.717) is 6.54 Å². The van der Waals surface area contributed by atoms with Crippen LogP contribution in [0.4, 0.5) is 10.7 Å². The first-order chi connectivity index (χ1) is 19.6. The van der Waals surface area contributed by atoms with E-state index in [9.17, 15) is 4.79 Å². The van der Waals surface area contributed by atoms with Crippen molar-refractivity contribution in [3.05, 3.63) is 83.0 Å². The summed E-state index contributed by atoms with van der Waals surface area (Å²) in [5.41, 5.74) is 4.82. The van der Waals surface area contributed by atoms with E-state index in [1.807, 2.05) is 30.3 Å². The van der Waals surface area contributed by atoms with Crippen molar-refractivity contribution in [2.24, 2.45) is 4.99 Å². The number of aliphatic imine (C=N–C) groups is 1. The molecule has 40 heavy (non-hydrogen) atoms. The molecule has 4 heterocycles. The van der Waals surface area contributed by atoms with E-state index in [-0.39, 0.29) is 12.1 Å². The molecule has 2 aliphatic heterocycles. The Hall–Kier alpha value is -3.82. The lowest BCUT2D eigenvalue weighted by atomic mass is 10.00. The van der Waals surface area contributed by atoms with Crippen LogP contribution in [0.1, 0.15) is 35.5 Å². The number of amides is 1. The third-order valence-corrected chi connectivity index (χ3v) is 8.60. The predicted molar refractivity (Wildman–Crippen MR) is 168 cm³/mol. The number of allylic oxidation sites excluding steroid dienone is 3. The summed E-state index contributed by atoms with van der Waals surface area (Å²) in [6.07, 6.45) is 17.5. The summed E-state index contributed by atoms with van der Waals surface area (Å²) in [6.45, 7) is 6.17. The zero-order valence-electron chi connectivity index (χ0n) is 23.6. The third-order valence-electron chi connectivity index (χ3n) is 7.44. The van der Waals surface area contributed by atoms with Crippen molar-refractivity contribution in [2.45, 2.75) is 39.0 Å². The number of aromatic nitrogens is 1. The van der Waals surface area contributed by atoms with Crippen LogP contribution in [0, 0.1) is 0 Å². The fourth-order valence-electron chi connectivity index (χ4n) is 5.12. The van der Waals surface area contributed by atoms with Gasteiger partial charge in [-0.2, -0.15) is 0 Å².